The van der Waals surface area contributed by atoms with Crippen molar-refractivity contribution in [2.75, 3.05) is 25.5 Å². The maximum atomic E-state index is 14.0. The Kier molecular flexibility index (Phi) is 8.02. The van der Waals surface area contributed by atoms with Gasteiger partial charge in [-0.05, 0) is 69.3 Å². The lowest BCUT2D eigenvalue weighted by Crippen LogP contribution is -2.36. The number of hydrogen-bond donors (Lipinski definition) is 2. The van der Waals surface area contributed by atoms with Crippen molar-refractivity contribution in [3.8, 4) is 23.3 Å². The van der Waals surface area contributed by atoms with Gasteiger partial charge in [0.1, 0.15) is 22.5 Å². The van der Waals surface area contributed by atoms with Gasteiger partial charge in [-0.15, -0.1) is 11.3 Å². The van der Waals surface area contributed by atoms with Crippen LogP contribution in [0.15, 0.2) is 72.5 Å². The molecule has 3 aromatic heterocycles. The molecule has 1 atom stereocenters. The molecule has 12 heteroatoms. The number of rotatable bonds is 6. The minimum atomic E-state index is -4.60. The quantitative estimate of drug-likeness (QED) is 0.214. The fraction of sp³-hybridized carbons (Fsp3) is 0.281. The summed E-state index contributed by atoms with van der Waals surface area (Å²) in [7, 11) is 1.98. The van der Waals surface area contributed by atoms with Crippen molar-refractivity contribution >= 4 is 34.0 Å². The fourth-order valence-electron chi connectivity index (χ4n) is 4.97. The third-order valence-electron chi connectivity index (χ3n) is 7.35. The predicted octanol–water partition coefficient (Wildman–Crippen LogP) is 6.37. The number of ether oxygens (including phenoxy) is 1. The number of aromatic nitrogens is 4. The van der Waals surface area contributed by atoms with Crippen molar-refractivity contribution in [1.29, 1.82) is 0 Å². The lowest BCUT2D eigenvalue weighted by Gasteiger charge is -2.30. The Morgan fingerprint density at radius 1 is 1.09 bits per heavy atom. The molecule has 0 spiro atoms. The average molecular weight is 619 g/mol. The molecule has 226 valence electrons. The zero-order valence-electron chi connectivity index (χ0n) is 24.0. The molecule has 1 aliphatic heterocycles. The molecule has 2 N–H and O–H groups in total. The van der Waals surface area contributed by atoms with Crippen LogP contribution in [-0.4, -0.2) is 55.8 Å². The van der Waals surface area contributed by atoms with Gasteiger partial charge in [0, 0.05) is 59.4 Å². The Morgan fingerprint density at radius 3 is 2.66 bits per heavy atom. The second-order valence-corrected chi connectivity index (χ2v) is 11.7. The average Bonchev–Trinajstić information content (AvgIpc) is 3.69. The van der Waals surface area contributed by atoms with Gasteiger partial charge in [-0.2, -0.15) is 18.2 Å². The van der Waals surface area contributed by atoms with E-state index in [-0.39, 0.29) is 23.5 Å². The second-order valence-electron chi connectivity index (χ2n) is 10.8. The highest BCUT2D eigenvalue weighted by Crippen LogP contribution is 2.39. The maximum Gasteiger partial charge on any atom is 0.420 e. The summed E-state index contributed by atoms with van der Waals surface area (Å²) in [4.78, 5) is 15.2. The van der Waals surface area contributed by atoms with Gasteiger partial charge in [-0.1, -0.05) is 17.9 Å². The standard InChI is InChI=1S/C32H29F3N6O2S/c1-31(42,29-36-13-17-44-29)12-8-21-4-3-5-24(18-21)41-16-9-22-20-37-30(39-28(22)41)38-23-6-7-27(26(19-23)32(33,34)35)43-25-10-14-40(2)15-11-25/h3-7,9,13,16-20,25,42H,10-11,14-15H2,1-2H3,(H,37,38,39). The Balaban J connectivity index is 1.25. The fourth-order valence-corrected chi connectivity index (χ4v) is 5.63. The van der Waals surface area contributed by atoms with E-state index in [4.69, 9.17) is 4.74 Å². The minimum Gasteiger partial charge on any atom is -0.490 e. The summed E-state index contributed by atoms with van der Waals surface area (Å²) in [6, 6.07) is 13.2. The van der Waals surface area contributed by atoms with Gasteiger partial charge < -0.3 is 24.6 Å². The van der Waals surface area contributed by atoms with Crippen LogP contribution in [0.4, 0.5) is 24.8 Å². The van der Waals surface area contributed by atoms with Crippen LogP contribution in [0, 0.1) is 11.8 Å². The van der Waals surface area contributed by atoms with Crippen molar-refractivity contribution in [3.63, 3.8) is 0 Å². The number of fused-ring (bicyclic) bond motifs is 1. The van der Waals surface area contributed by atoms with E-state index in [0.717, 1.165) is 30.2 Å². The number of piperidine rings is 1. The molecular weight excluding hydrogens is 589 g/mol. The molecule has 1 fully saturated rings. The highest BCUT2D eigenvalue weighted by Gasteiger charge is 2.36. The van der Waals surface area contributed by atoms with Crippen LogP contribution in [0.2, 0.25) is 0 Å². The summed E-state index contributed by atoms with van der Waals surface area (Å²) in [5.41, 5.74) is -0.0503. The van der Waals surface area contributed by atoms with E-state index in [1.807, 2.05) is 48.1 Å². The maximum absolute atomic E-state index is 14.0. The number of aliphatic hydroxyl groups is 1. The monoisotopic (exact) mass is 618 g/mol. The Hall–Kier alpha value is -4.44. The van der Waals surface area contributed by atoms with Gasteiger partial charge in [0.15, 0.2) is 5.60 Å². The Bertz CT molecular complexity index is 1830. The van der Waals surface area contributed by atoms with E-state index in [2.05, 4.69) is 37.0 Å². The van der Waals surface area contributed by atoms with Crippen molar-refractivity contribution < 1.29 is 23.0 Å². The molecule has 0 radical (unpaired) electrons. The molecule has 0 aliphatic carbocycles. The number of hydrogen-bond acceptors (Lipinski definition) is 8. The molecule has 6 rings (SSSR count). The van der Waals surface area contributed by atoms with Crippen LogP contribution in [0.3, 0.4) is 0 Å². The summed E-state index contributed by atoms with van der Waals surface area (Å²) in [6.07, 6.45) is 1.54. The van der Waals surface area contributed by atoms with Crippen LogP contribution >= 0.6 is 11.3 Å². The molecule has 2 aromatic carbocycles. The lowest BCUT2D eigenvalue weighted by molar-refractivity contribution is -0.139. The number of halogens is 3. The van der Waals surface area contributed by atoms with Gasteiger partial charge in [0.2, 0.25) is 5.95 Å². The van der Waals surface area contributed by atoms with Crippen molar-refractivity contribution in [3.05, 3.63) is 88.6 Å². The molecule has 1 aliphatic rings. The molecule has 0 amide bonds. The van der Waals surface area contributed by atoms with E-state index in [1.165, 1.54) is 23.5 Å². The van der Waals surface area contributed by atoms with Crippen molar-refractivity contribution in [1.82, 2.24) is 24.4 Å². The van der Waals surface area contributed by atoms with Gasteiger partial charge in [0.05, 0.1) is 5.56 Å². The van der Waals surface area contributed by atoms with Crippen molar-refractivity contribution in [2.24, 2.45) is 0 Å². The van der Waals surface area contributed by atoms with Gasteiger partial charge >= 0.3 is 6.18 Å². The first-order chi connectivity index (χ1) is 21.0. The highest BCUT2D eigenvalue weighted by molar-refractivity contribution is 7.09. The molecule has 1 saturated heterocycles. The predicted molar refractivity (Wildman–Crippen MR) is 163 cm³/mol. The molecule has 0 saturated carbocycles. The van der Waals surface area contributed by atoms with E-state index in [1.54, 1.807) is 24.7 Å². The Labute approximate surface area is 256 Å². The normalized spacial score (nSPS) is 15.9. The minimum absolute atomic E-state index is 0.144. The first kappa shape index (κ1) is 29.6. The van der Waals surface area contributed by atoms with Crippen LogP contribution < -0.4 is 10.1 Å². The summed E-state index contributed by atoms with van der Waals surface area (Å²) >= 11 is 1.33. The van der Waals surface area contributed by atoms with Gasteiger partial charge in [-0.3, -0.25) is 0 Å². The molecule has 4 heterocycles. The number of likely N-dealkylation sites (tertiary alicyclic amines) is 1. The number of benzene rings is 2. The van der Waals surface area contributed by atoms with Crippen LogP contribution in [-0.2, 0) is 11.8 Å². The third kappa shape index (κ3) is 6.55. The van der Waals surface area contributed by atoms with E-state index in [0.29, 0.717) is 29.1 Å². The molecular formula is C32H29F3N6O2S. The third-order valence-corrected chi connectivity index (χ3v) is 8.33. The van der Waals surface area contributed by atoms with Crippen LogP contribution in [0.1, 0.15) is 35.9 Å². The molecule has 0 bridgehead atoms. The van der Waals surface area contributed by atoms with E-state index >= 15 is 0 Å². The summed E-state index contributed by atoms with van der Waals surface area (Å²) < 4.78 is 49.8. The van der Waals surface area contributed by atoms with Gasteiger partial charge in [0.25, 0.3) is 0 Å². The zero-order chi connectivity index (χ0) is 30.9. The SMILES string of the molecule is CN1CCC(Oc2ccc(Nc3ncc4ccn(-c5cccc(C#CC(C)(O)c6nccs6)c5)c4n3)cc2C(F)(F)F)CC1. The van der Waals surface area contributed by atoms with Crippen LogP contribution in [0.25, 0.3) is 16.7 Å². The summed E-state index contributed by atoms with van der Waals surface area (Å²) in [5.74, 6) is 5.87. The number of alkyl halides is 3. The molecule has 8 nitrogen and oxygen atoms in total. The number of nitrogens with one attached hydrogen (secondary N) is 1. The smallest absolute Gasteiger partial charge is 0.420 e. The number of nitrogens with zero attached hydrogens (tertiary/aromatic N) is 5. The highest BCUT2D eigenvalue weighted by atomic mass is 32.1. The molecule has 5 aromatic rings. The molecule has 1 unspecified atom stereocenters. The zero-order valence-corrected chi connectivity index (χ0v) is 24.8. The topological polar surface area (TPSA) is 88.3 Å². The number of thiazole rings is 1. The lowest BCUT2D eigenvalue weighted by atomic mass is 10.1. The largest absolute Gasteiger partial charge is 0.490 e. The first-order valence-corrected chi connectivity index (χ1v) is 14.9. The van der Waals surface area contributed by atoms with Crippen molar-refractivity contribution in [2.45, 2.75) is 37.6 Å². The summed E-state index contributed by atoms with van der Waals surface area (Å²) in [5, 5.41) is 16.7. The Morgan fingerprint density at radius 2 is 1.91 bits per heavy atom. The van der Waals surface area contributed by atoms with E-state index in [9.17, 15) is 18.3 Å². The molecule has 44 heavy (non-hydrogen) atoms. The summed E-state index contributed by atoms with van der Waals surface area (Å²) in [6.45, 7) is 3.15. The number of anilines is 2. The van der Waals surface area contributed by atoms with Gasteiger partial charge in [-0.25, -0.2) is 9.97 Å². The van der Waals surface area contributed by atoms with E-state index < -0.39 is 17.3 Å². The van der Waals surface area contributed by atoms with Crippen LogP contribution in [0.5, 0.6) is 5.75 Å². The second kappa shape index (κ2) is 11.9. The first-order valence-electron chi connectivity index (χ1n) is 14.0.